The van der Waals surface area contributed by atoms with Gasteiger partial charge in [0, 0.05) is 11.8 Å². The van der Waals surface area contributed by atoms with Crippen molar-refractivity contribution in [1.29, 1.82) is 0 Å². The van der Waals surface area contributed by atoms with Crippen molar-refractivity contribution in [2.45, 2.75) is 12.2 Å². The van der Waals surface area contributed by atoms with Crippen molar-refractivity contribution in [2.24, 2.45) is 0 Å². The minimum absolute atomic E-state index is 0.397. The van der Waals surface area contributed by atoms with Crippen LogP contribution in [0.3, 0.4) is 0 Å². The van der Waals surface area contributed by atoms with Crippen LogP contribution >= 0.6 is 11.8 Å². The van der Waals surface area contributed by atoms with Crippen LogP contribution in [0.25, 0.3) is 0 Å². The van der Waals surface area contributed by atoms with Gasteiger partial charge in [0.1, 0.15) is 5.75 Å². The number of amides is 1. The zero-order valence-electron chi connectivity index (χ0n) is 8.90. The summed E-state index contributed by atoms with van der Waals surface area (Å²) in [4.78, 5) is 11.3. The van der Waals surface area contributed by atoms with Crippen LogP contribution in [0.2, 0.25) is 0 Å². The van der Waals surface area contributed by atoms with Gasteiger partial charge >= 0.3 is 6.09 Å². The lowest BCUT2D eigenvalue weighted by atomic mass is 10.3. The van der Waals surface area contributed by atoms with E-state index in [0.29, 0.717) is 17.5 Å². The molecule has 0 saturated heterocycles. The first-order valence-corrected chi connectivity index (χ1v) is 6.04. The van der Waals surface area contributed by atoms with Crippen molar-refractivity contribution in [2.75, 3.05) is 12.8 Å². The van der Waals surface area contributed by atoms with E-state index in [9.17, 15) is 4.79 Å². The molecule has 1 aromatic rings. The molecule has 1 N–H and O–H groups in total. The van der Waals surface area contributed by atoms with E-state index in [4.69, 9.17) is 4.74 Å². The van der Waals surface area contributed by atoms with Gasteiger partial charge < -0.3 is 10.1 Å². The number of nitrogens with one attached hydrogen (secondary N) is 1. The minimum Gasteiger partial charge on any atom is -0.410 e. The average Bonchev–Trinajstić information content (AvgIpc) is 2.27. The predicted molar refractivity (Wildman–Crippen MR) is 63.4 cm³/mol. The molecule has 0 aliphatic carbocycles. The van der Waals surface area contributed by atoms with Gasteiger partial charge in [0.05, 0.1) is 0 Å². The highest BCUT2D eigenvalue weighted by Gasteiger charge is 2.05. The van der Waals surface area contributed by atoms with Crippen LogP contribution in [-0.4, -0.2) is 24.1 Å². The predicted octanol–water partition coefficient (Wildman–Crippen LogP) is 2.53. The van der Waals surface area contributed by atoms with E-state index in [1.54, 1.807) is 23.9 Å². The quantitative estimate of drug-likeness (QED) is 0.855. The molecule has 15 heavy (non-hydrogen) atoms. The largest absolute Gasteiger partial charge is 0.412 e. The zero-order valence-corrected chi connectivity index (χ0v) is 9.71. The summed E-state index contributed by atoms with van der Waals surface area (Å²) in [5.41, 5.74) is 0. The highest BCUT2D eigenvalue weighted by atomic mass is 32.2. The maximum Gasteiger partial charge on any atom is 0.412 e. The van der Waals surface area contributed by atoms with E-state index < -0.39 is 6.09 Å². The highest BCUT2D eigenvalue weighted by Crippen LogP contribution is 2.08. The van der Waals surface area contributed by atoms with Crippen LogP contribution in [0.4, 0.5) is 4.79 Å². The summed E-state index contributed by atoms with van der Waals surface area (Å²) >= 11 is 1.70. The number of hydrogen-bond acceptors (Lipinski definition) is 3. The lowest BCUT2D eigenvalue weighted by Crippen LogP contribution is -2.31. The molecule has 4 heteroatoms. The van der Waals surface area contributed by atoms with Crippen molar-refractivity contribution >= 4 is 17.9 Å². The van der Waals surface area contributed by atoms with Crippen LogP contribution in [0, 0.1) is 0 Å². The molecule has 0 radical (unpaired) electrons. The van der Waals surface area contributed by atoms with Gasteiger partial charge in [-0.2, -0.15) is 11.8 Å². The smallest absolute Gasteiger partial charge is 0.410 e. The molecule has 1 aromatic carbocycles. The third kappa shape index (κ3) is 4.74. The Morgan fingerprint density at radius 3 is 2.73 bits per heavy atom. The maximum absolute atomic E-state index is 11.3. The number of thioether (sulfide) groups is 1. The Morgan fingerprint density at radius 2 is 2.13 bits per heavy atom. The molecule has 0 saturated carbocycles. The molecule has 0 aliphatic heterocycles. The van der Waals surface area contributed by atoms with E-state index in [1.807, 2.05) is 31.4 Å². The van der Waals surface area contributed by atoms with Gasteiger partial charge in [0.25, 0.3) is 0 Å². The van der Waals surface area contributed by atoms with Crippen LogP contribution in [0.15, 0.2) is 30.3 Å². The summed E-state index contributed by atoms with van der Waals surface area (Å²) in [6.45, 7) is 2.67. The van der Waals surface area contributed by atoms with Crippen LogP contribution in [-0.2, 0) is 0 Å². The molecular weight excluding hydrogens is 210 g/mol. The van der Waals surface area contributed by atoms with Crippen LogP contribution < -0.4 is 10.1 Å². The maximum atomic E-state index is 11.3. The van der Waals surface area contributed by atoms with E-state index in [2.05, 4.69) is 5.32 Å². The van der Waals surface area contributed by atoms with E-state index in [-0.39, 0.29) is 0 Å². The number of ether oxygens (including phenoxy) is 1. The number of benzene rings is 1. The normalized spacial score (nSPS) is 11.9. The summed E-state index contributed by atoms with van der Waals surface area (Å²) in [6, 6.07) is 9.02. The van der Waals surface area contributed by atoms with Crippen LogP contribution in [0.5, 0.6) is 5.75 Å². The first-order chi connectivity index (χ1) is 7.22. The molecular formula is C11H15NO2S. The second-order valence-corrected chi connectivity index (χ2v) is 4.41. The molecule has 0 fully saturated rings. The molecule has 0 heterocycles. The molecule has 1 amide bonds. The Hall–Kier alpha value is -1.16. The third-order valence-electron chi connectivity index (χ3n) is 1.89. The van der Waals surface area contributed by atoms with Gasteiger partial charge in [-0.1, -0.05) is 25.1 Å². The van der Waals surface area contributed by atoms with Crippen molar-refractivity contribution in [1.82, 2.24) is 5.32 Å². The van der Waals surface area contributed by atoms with Gasteiger partial charge in [-0.15, -0.1) is 0 Å². The first kappa shape index (κ1) is 11.9. The molecule has 1 atom stereocenters. The summed E-state index contributed by atoms with van der Waals surface area (Å²) in [5, 5.41) is 3.10. The highest BCUT2D eigenvalue weighted by molar-refractivity contribution is 7.99. The minimum atomic E-state index is -0.401. The molecule has 1 unspecified atom stereocenters. The second kappa shape index (κ2) is 6.35. The lowest BCUT2D eigenvalue weighted by molar-refractivity contribution is 0.200. The SMILES string of the molecule is CSC(C)CNC(=O)Oc1ccccc1. The Kier molecular flexibility index (Phi) is 5.04. The van der Waals surface area contributed by atoms with Crippen molar-refractivity contribution in [3.63, 3.8) is 0 Å². The number of para-hydroxylation sites is 1. The molecule has 3 nitrogen and oxygen atoms in total. The van der Waals surface area contributed by atoms with Crippen molar-refractivity contribution in [3.05, 3.63) is 30.3 Å². The lowest BCUT2D eigenvalue weighted by Gasteiger charge is -2.09. The summed E-state index contributed by atoms with van der Waals surface area (Å²) < 4.78 is 5.05. The average molecular weight is 225 g/mol. The molecule has 0 aliphatic rings. The Balaban J connectivity index is 2.31. The molecule has 0 bridgehead atoms. The van der Waals surface area contributed by atoms with Gasteiger partial charge in [0.2, 0.25) is 0 Å². The molecule has 1 rings (SSSR count). The Bertz CT molecular complexity index is 303. The number of carbonyl (C=O) groups is 1. The van der Waals surface area contributed by atoms with Gasteiger partial charge in [-0.3, -0.25) is 0 Å². The Labute approximate surface area is 94.2 Å². The number of hydrogen-bond donors (Lipinski definition) is 1. The van der Waals surface area contributed by atoms with Crippen LogP contribution in [0.1, 0.15) is 6.92 Å². The fraction of sp³-hybridized carbons (Fsp3) is 0.364. The number of rotatable bonds is 4. The molecule has 0 spiro atoms. The monoisotopic (exact) mass is 225 g/mol. The summed E-state index contributed by atoms with van der Waals surface area (Å²) in [6.07, 6.45) is 1.61. The fourth-order valence-corrected chi connectivity index (χ4v) is 1.19. The Morgan fingerprint density at radius 1 is 1.47 bits per heavy atom. The number of carbonyl (C=O) groups excluding carboxylic acids is 1. The zero-order chi connectivity index (χ0) is 11.1. The second-order valence-electron chi connectivity index (χ2n) is 3.13. The summed E-state index contributed by atoms with van der Waals surface area (Å²) in [7, 11) is 0. The first-order valence-electron chi connectivity index (χ1n) is 4.76. The molecule has 0 aromatic heterocycles. The van der Waals surface area contributed by atoms with Gasteiger partial charge in [-0.05, 0) is 18.4 Å². The van der Waals surface area contributed by atoms with E-state index >= 15 is 0 Å². The van der Waals surface area contributed by atoms with E-state index in [1.165, 1.54) is 0 Å². The fourth-order valence-electron chi connectivity index (χ4n) is 0.942. The molecule has 82 valence electrons. The third-order valence-corrected chi connectivity index (χ3v) is 2.86. The van der Waals surface area contributed by atoms with E-state index in [0.717, 1.165) is 0 Å². The van der Waals surface area contributed by atoms with Crippen molar-refractivity contribution in [3.8, 4) is 5.75 Å². The summed E-state index contributed by atoms with van der Waals surface area (Å²) in [5.74, 6) is 0.562. The van der Waals surface area contributed by atoms with Gasteiger partial charge in [-0.25, -0.2) is 4.79 Å². The van der Waals surface area contributed by atoms with Gasteiger partial charge in [0.15, 0.2) is 0 Å². The van der Waals surface area contributed by atoms with Crippen molar-refractivity contribution < 1.29 is 9.53 Å². The topological polar surface area (TPSA) is 38.3 Å². The standard InChI is InChI=1S/C11H15NO2S/c1-9(15-2)8-12-11(13)14-10-6-4-3-5-7-10/h3-7,9H,8H2,1-2H3,(H,12,13).